The maximum Gasteiger partial charge on any atom is 0.260 e. The normalized spacial score (nSPS) is 10.8. The summed E-state index contributed by atoms with van der Waals surface area (Å²) in [5.74, 6) is 0. The third kappa shape index (κ3) is 2.57. The van der Waals surface area contributed by atoms with Crippen LogP contribution in [-0.4, -0.2) is 14.5 Å². The molecule has 0 aromatic carbocycles. The van der Waals surface area contributed by atoms with Crippen LogP contribution in [0.3, 0.4) is 0 Å². The van der Waals surface area contributed by atoms with Crippen LogP contribution in [0.4, 0.5) is 0 Å². The van der Waals surface area contributed by atoms with Crippen molar-refractivity contribution in [3.05, 3.63) is 27.3 Å². The average Bonchev–Trinajstić information content (AvgIpc) is 2.58. The molecule has 1 atom stereocenters. The minimum absolute atomic E-state index is 0.175. The van der Waals surface area contributed by atoms with Crippen molar-refractivity contribution in [3.8, 4) is 0 Å². The maximum absolute atomic E-state index is 11.6. The monoisotopic (exact) mass is 371 g/mol. The molecule has 0 aliphatic heterocycles. The lowest BCUT2D eigenvalue weighted by atomic mass is 10.3. The number of aromatic nitrogens is 3. The Kier molecular flexibility index (Phi) is 5.21. The van der Waals surface area contributed by atoms with E-state index in [2.05, 4.69) is 32.1 Å². The van der Waals surface area contributed by atoms with Crippen molar-refractivity contribution in [2.75, 3.05) is 0 Å². The van der Waals surface area contributed by atoms with E-state index in [9.17, 15) is 4.79 Å². The molecule has 1 N–H and O–H groups in total. The molecule has 0 amide bonds. The van der Waals surface area contributed by atoms with Crippen molar-refractivity contribution in [2.24, 2.45) is 0 Å². The van der Waals surface area contributed by atoms with E-state index >= 15 is 0 Å². The summed E-state index contributed by atoms with van der Waals surface area (Å²) >= 11 is 7.98. The zero-order valence-electron chi connectivity index (χ0n) is 9.14. The molecule has 88 valence electrons. The van der Waals surface area contributed by atoms with Crippen LogP contribution in [0.2, 0.25) is 5.15 Å². The first-order valence-corrected chi connectivity index (χ1v) is 9.22. The number of rotatable bonds is 1. The van der Waals surface area contributed by atoms with Gasteiger partial charge in [0.15, 0.2) is 0 Å². The van der Waals surface area contributed by atoms with E-state index in [0.717, 1.165) is 11.2 Å². The number of pyridine rings is 1. The van der Waals surface area contributed by atoms with Crippen LogP contribution < -0.4 is 5.56 Å². The highest BCUT2D eigenvalue weighted by molar-refractivity contribution is 14.2. The molecule has 16 heavy (non-hydrogen) atoms. The summed E-state index contributed by atoms with van der Waals surface area (Å²) in [5.41, 5.74) is 1.36. The van der Waals surface area contributed by atoms with Gasteiger partial charge in [-0.3, -0.25) is 4.79 Å². The number of halogens is 2. The second kappa shape index (κ2) is 5.98. The van der Waals surface area contributed by atoms with Crippen LogP contribution in [0.15, 0.2) is 10.9 Å². The van der Waals surface area contributed by atoms with Gasteiger partial charge in [0.1, 0.15) is 5.15 Å². The Bertz CT molecular complexity index is 551. The second-order valence-electron chi connectivity index (χ2n) is 2.79. The van der Waals surface area contributed by atoms with Gasteiger partial charge in [-0.1, -0.05) is 25.4 Å². The average molecular weight is 372 g/mol. The number of hydrogen-bond acceptors (Lipinski definition) is 2. The van der Waals surface area contributed by atoms with Gasteiger partial charge in [-0.25, -0.2) is 4.45 Å². The van der Waals surface area contributed by atoms with Crippen molar-refractivity contribution in [1.29, 1.82) is 0 Å². The molecule has 7 heteroatoms. The van der Waals surface area contributed by atoms with Crippen molar-refractivity contribution in [1.82, 2.24) is 14.5 Å². The fourth-order valence-corrected chi connectivity index (χ4v) is 3.10. The largest absolute Gasteiger partial charge is 0.312 e. The predicted molar refractivity (Wildman–Crippen MR) is 79.2 cm³/mol. The van der Waals surface area contributed by atoms with Crippen molar-refractivity contribution >= 4 is 50.9 Å². The minimum Gasteiger partial charge on any atom is -0.312 e. The molecule has 4 nitrogen and oxygen atoms in total. The van der Waals surface area contributed by atoms with Crippen LogP contribution >= 0.6 is 40.0 Å². The Morgan fingerprint density at radius 2 is 2.19 bits per heavy atom. The van der Waals surface area contributed by atoms with E-state index in [1.807, 2.05) is 20.8 Å². The molecule has 2 aromatic rings. The van der Waals surface area contributed by atoms with Crippen LogP contribution in [0.25, 0.3) is 10.9 Å². The molecule has 2 heterocycles. The molecule has 0 spiro atoms. The first-order chi connectivity index (χ1) is 7.63. The van der Waals surface area contributed by atoms with Crippen molar-refractivity contribution < 1.29 is 0 Å². The van der Waals surface area contributed by atoms with Gasteiger partial charge in [0.2, 0.25) is 0 Å². The zero-order valence-corrected chi connectivity index (χ0v) is 13.0. The fraction of sp³-hybridized carbons (Fsp3) is 0.333. The summed E-state index contributed by atoms with van der Waals surface area (Å²) in [7, 11) is 0. The highest BCUT2D eigenvalue weighted by Gasteiger charge is 2.10. The minimum atomic E-state index is -0.175. The molecule has 0 fully saturated rings. The third-order valence-corrected chi connectivity index (χ3v) is 3.98. The summed E-state index contributed by atoms with van der Waals surface area (Å²) in [6.07, 6.45) is 0.462. The molecule has 1 unspecified atom stereocenters. The molecule has 0 saturated heterocycles. The van der Waals surface area contributed by atoms with Crippen LogP contribution in [0.5, 0.6) is 0 Å². The van der Waals surface area contributed by atoms with E-state index in [4.69, 9.17) is 11.6 Å². The molecular formula is C9H12ClIN3OP. The van der Waals surface area contributed by atoms with Gasteiger partial charge in [-0.15, -0.1) is 0 Å². The van der Waals surface area contributed by atoms with Gasteiger partial charge < -0.3 is 4.98 Å². The molecule has 2 aromatic heterocycles. The number of nitrogens with one attached hydrogen (secondary N) is 1. The maximum atomic E-state index is 11.6. The van der Waals surface area contributed by atoms with Gasteiger partial charge in [0.05, 0.1) is 23.0 Å². The van der Waals surface area contributed by atoms with Gasteiger partial charge in [0, 0.05) is 6.07 Å². The van der Waals surface area contributed by atoms with E-state index < -0.39 is 0 Å². The molecule has 0 saturated carbocycles. The lowest BCUT2D eigenvalue weighted by molar-refractivity contribution is 1.00. The highest BCUT2D eigenvalue weighted by Crippen LogP contribution is 2.29. The van der Waals surface area contributed by atoms with Crippen molar-refractivity contribution in [3.63, 3.8) is 0 Å². The number of hydrogen-bond donors (Lipinski definition) is 1. The molecule has 0 aliphatic carbocycles. The third-order valence-electron chi connectivity index (χ3n) is 1.90. The van der Waals surface area contributed by atoms with E-state index in [1.165, 1.54) is 0 Å². The fourth-order valence-electron chi connectivity index (χ4n) is 1.35. The smallest absolute Gasteiger partial charge is 0.260 e. The highest BCUT2D eigenvalue weighted by atomic mass is 127. The van der Waals surface area contributed by atoms with Gasteiger partial charge >= 0.3 is 0 Å². The Morgan fingerprint density at radius 1 is 1.56 bits per heavy atom. The summed E-state index contributed by atoms with van der Waals surface area (Å²) in [6.45, 7) is 5.82. The molecule has 0 bridgehead atoms. The first-order valence-electron chi connectivity index (χ1n) is 4.78. The lowest BCUT2D eigenvalue weighted by Crippen LogP contribution is -2.05. The Balaban J connectivity index is 0.000000606. The van der Waals surface area contributed by atoms with Crippen molar-refractivity contribution in [2.45, 2.75) is 20.8 Å². The molecule has 0 radical (unpaired) electrons. The number of aryl methyl sites for hydroxylation is 1. The topological polar surface area (TPSA) is 50.7 Å². The number of fused-ring (bicyclic) bond motifs is 1. The van der Waals surface area contributed by atoms with Gasteiger partial charge in [-0.2, -0.15) is 5.10 Å². The predicted octanol–water partition coefficient (Wildman–Crippen LogP) is 3.50. The molecular weight excluding hydrogens is 359 g/mol. The number of nitrogens with zero attached hydrogens (tertiary/aromatic N) is 2. The van der Waals surface area contributed by atoms with Gasteiger partial charge in [0.25, 0.3) is 5.56 Å². The Hall–Kier alpha value is -0.130. The molecule has 0 aliphatic rings. The SMILES string of the molecule is CC.Cc1nn(PI)c2cc(Cl)[nH]c(=O)c12. The van der Waals surface area contributed by atoms with Crippen LogP contribution in [-0.2, 0) is 0 Å². The standard InChI is InChI=1S/C7H6ClIN3OP.C2H6/c1-3-6-4(12(11-3)14-9)2-5(8)10-7(6)13;1-2/h2,14H,1H3,(H,10,13);1-2H3. The van der Waals surface area contributed by atoms with E-state index in [0.29, 0.717) is 16.9 Å². The summed E-state index contributed by atoms with van der Waals surface area (Å²) in [6, 6.07) is 1.73. The first kappa shape index (κ1) is 13.9. The Morgan fingerprint density at radius 3 is 2.75 bits per heavy atom. The van der Waals surface area contributed by atoms with Crippen LogP contribution in [0.1, 0.15) is 19.5 Å². The summed E-state index contributed by atoms with van der Waals surface area (Å²) in [5, 5.41) is 5.22. The second-order valence-corrected chi connectivity index (χ2v) is 5.24. The zero-order chi connectivity index (χ0) is 12.3. The quantitative estimate of drug-likeness (QED) is 0.474. The summed E-state index contributed by atoms with van der Waals surface area (Å²) < 4.78 is 1.78. The van der Waals surface area contributed by atoms with Gasteiger partial charge in [-0.05, 0) is 29.0 Å². The lowest BCUT2D eigenvalue weighted by Gasteiger charge is -1.96. The number of aromatic amines is 1. The number of H-pyrrole nitrogens is 1. The Labute approximate surface area is 113 Å². The summed E-state index contributed by atoms with van der Waals surface area (Å²) in [4.78, 5) is 14.1. The van der Waals surface area contributed by atoms with Crippen LogP contribution in [0, 0.1) is 6.92 Å². The molecule has 2 rings (SSSR count). The van der Waals surface area contributed by atoms with E-state index in [1.54, 1.807) is 10.5 Å². The van der Waals surface area contributed by atoms with E-state index in [-0.39, 0.29) is 5.56 Å².